The van der Waals surface area contributed by atoms with E-state index in [4.69, 9.17) is 10.6 Å². The van der Waals surface area contributed by atoms with E-state index in [0.717, 1.165) is 44.8 Å². The molecule has 4 heteroatoms. The zero-order valence-electron chi connectivity index (χ0n) is 12.0. The number of fused-ring (bicyclic) bond motifs is 1. The molecule has 19 heavy (non-hydrogen) atoms. The number of hydrazine groups is 1. The Balaban J connectivity index is 2.01. The Bertz CT molecular complexity index is 404. The van der Waals surface area contributed by atoms with E-state index in [-0.39, 0.29) is 6.04 Å². The second-order valence-electron chi connectivity index (χ2n) is 5.00. The molecule has 0 amide bonds. The van der Waals surface area contributed by atoms with Gasteiger partial charge in [0, 0.05) is 12.5 Å². The number of hydrogen-bond donors (Lipinski definition) is 2. The van der Waals surface area contributed by atoms with Crippen molar-refractivity contribution in [3.63, 3.8) is 0 Å². The SMILES string of the molecule is CCN(CC)CCC(NN)c1ccc2c(c1)CCO2. The molecular formula is C15H25N3O. The fourth-order valence-corrected chi connectivity index (χ4v) is 2.62. The summed E-state index contributed by atoms with van der Waals surface area (Å²) in [7, 11) is 0. The summed E-state index contributed by atoms with van der Waals surface area (Å²) in [5, 5.41) is 0. The van der Waals surface area contributed by atoms with Gasteiger partial charge in [0.1, 0.15) is 5.75 Å². The molecule has 1 aliphatic rings. The van der Waals surface area contributed by atoms with Crippen molar-refractivity contribution in [2.75, 3.05) is 26.2 Å². The zero-order chi connectivity index (χ0) is 13.7. The predicted molar refractivity (Wildman–Crippen MR) is 78.1 cm³/mol. The van der Waals surface area contributed by atoms with E-state index in [2.05, 4.69) is 42.4 Å². The summed E-state index contributed by atoms with van der Waals surface area (Å²) >= 11 is 0. The Morgan fingerprint density at radius 3 is 2.84 bits per heavy atom. The van der Waals surface area contributed by atoms with Gasteiger partial charge >= 0.3 is 0 Å². The van der Waals surface area contributed by atoms with Crippen LogP contribution in [0.1, 0.15) is 37.4 Å². The maximum Gasteiger partial charge on any atom is 0.122 e. The smallest absolute Gasteiger partial charge is 0.122 e. The highest BCUT2D eigenvalue weighted by atomic mass is 16.5. The Kier molecular flexibility index (Phi) is 5.19. The standard InChI is InChI=1S/C15H25N3O/c1-3-18(4-2)9-7-14(17-16)12-5-6-15-13(11-12)8-10-19-15/h5-6,11,14,17H,3-4,7-10,16H2,1-2H3. The number of rotatable bonds is 7. The summed E-state index contributed by atoms with van der Waals surface area (Å²) in [6.45, 7) is 8.44. The summed E-state index contributed by atoms with van der Waals surface area (Å²) in [5.41, 5.74) is 5.51. The highest BCUT2D eigenvalue weighted by molar-refractivity contribution is 5.40. The van der Waals surface area contributed by atoms with Gasteiger partial charge in [-0.1, -0.05) is 26.0 Å². The summed E-state index contributed by atoms with van der Waals surface area (Å²) < 4.78 is 5.54. The minimum Gasteiger partial charge on any atom is -0.493 e. The summed E-state index contributed by atoms with van der Waals surface area (Å²) in [6, 6.07) is 6.64. The molecule has 1 unspecified atom stereocenters. The van der Waals surface area contributed by atoms with Gasteiger partial charge in [0.25, 0.3) is 0 Å². The first-order valence-corrected chi connectivity index (χ1v) is 7.22. The molecule has 0 fully saturated rings. The van der Waals surface area contributed by atoms with Gasteiger partial charge in [-0.3, -0.25) is 11.3 Å². The molecule has 0 bridgehead atoms. The molecule has 1 aromatic carbocycles. The fourth-order valence-electron chi connectivity index (χ4n) is 2.62. The predicted octanol–water partition coefficient (Wildman–Crippen LogP) is 1.86. The molecule has 3 N–H and O–H groups in total. The van der Waals surface area contributed by atoms with Gasteiger partial charge in [0.05, 0.1) is 6.61 Å². The van der Waals surface area contributed by atoms with Crippen LogP contribution in [-0.4, -0.2) is 31.1 Å². The molecule has 0 spiro atoms. The first-order chi connectivity index (χ1) is 9.28. The normalized spacial score (nSPS) is 15.4. The van der Waals surface area contributed by atoms with Crippen LogP contribution in [0.25, 0.3) is 0 Å². The third-order valence-corrected chi connectivity index (χ3v) is 3.95. The number of benzene rings is 1. The van der Waals surface area contributed by atoms with E-state index < -0.39 is 0 Å². The van der Waals surface area contributed by atoms with E-state index in [1.165, 1.54) is 11.1 Å². The van der Waals surface area contributed by atoms with Crippen molar-refractivity contribution in [3.05, 3.63) is 29.3 Å². The van der Waals surface area contributed by atoms with E-state index in [0.29, 0.717) is 0 Å². The van der Waals surface area contributed by atoms with Crippen LogP contribution in [0.2, 0.25) is 0 Å². The molecule has 1 atom stereocenters. The van der Waals surface area contributed by atoms with Crippen molar-refractivity contribution < 1.29 is 4.74 Å². The van der Waals surface area contributed by atoms with E-state index in [1.807, 2.05) is 0 Å². The molecule has 1 aromatic rings. The monoisotopic (exact) mass is 263 g/mol. The van der Waals surface area contributed by atoms with Crippen LogP contribution in [0.3, 0.4) is 0 Å². The Hall–Kier alpha value is -1.10. The zero-order valence-corrected chi connectivity index (χ0v) is 12.0. The van der Waals surface area contributed by atoms with Crippen LogP contribution >= 0.6 is 0 Å². The van der Waals surface area contributed by atoms with Gasteiger partial charge in [-0.2, -0.15) is 0 Å². The Morgan fingerprint density at radius 2 is 2.16 bits per heavy atom. The lowest BCUT2D eigenvalue weighted by Crippen LogP contribution is -2.32. The van der Waals surface area contributed by atoms with Crippen LogP contribution in [0, 0.1) is 0 Å². The Morgan fingerprint density at radius 1 is 1.37 bits per heavy atom. The third kappa shape index (κ3) is 3.47. The maximum absolute atomic E-state index is 5.72. The average molecular weight is 263 g/mol. The molecule has 0 aliphatic carbocycles. The lowest BCUT2D eigenvalue weighted by atomic mass is 10.0. The number of nitrogens with two attached hydrogens (primary N) is 1. The number of hydrogen-bond acceptors (Lipinski definition) is 4. The minimum atomic E-state index is 0.214. The molecule has 0 saturated heterocycles. The molecule has 2 rings (SSSR count). The van der Waals surface area contributed by atoms with E-state index >= 15 is 0 Å². The number of nitrogens with one attached hydrogen (secondary N) is 1. The molecule has 0 radical (unpaired) electrons. The van der Waals surface area contributed by atoms with Crippen molar-refractivity contribution in [1.82, 2.24) is 10.3 Å². The van der Waals surface area contributed by atoms with Crippen LogP contribution in [0.5, 0.6) is 5.75 Å². The van der Waals surface area contributed by atoms with Crippen LogP contribution in [-0.2, 0) is 6.42 Å². The molecular weight excluding hydrogens is 238 g/mol. The van der Waals surface area contributed by atoms with Gasteiger partial charge < -0.3 is 9.64 Å². The first-order valence-electron chi connectivity index (χ1n) is 7.22. The second-order valence-corrected chi connectivity index (χ2v) is 5.00. The molecule has 1 aliphatic heterocycles. The third-order valence-electron chi connectivity index (χ3n) is 3.95. The summed E-state index contributed by atoms with van der Waals surface area (Å²) in [5.74, 6) is 6.75. The van der Waals surface area contributed by atoms with Gasteiger partial charge in [0.2, 0.25) is 0 Å². The van der Waals surface area contributed by atoms with Crippen molar-refractivity contribution in [2.24, 2.45) is 5.84 Å². The largest absolute Gasteiger partial charge is 0.493 e. The molecule has 4 nitrogen and oxygen atoms in total. The first kappa shape index (κ1) is 14.3. The van der Waals surface area contributed by atoms with Crippen molar-refractivity contribution in [1.29, 1.82) is 0 Å². The van der Waals surface area contributed by atoms with Crippen molar-refractivity contribution >= 4 is 0 Å². The second kappa shape index (κ2) is 6.89. The van der Waals surface area contributed by atoms with Gasteiger partial charge in [0.15, 0.2) is 0 Å². The maximum atomic E-state index is 5.72. The lowest BCUT2D eigenvalue weighted by Gasteiger charge is -2.22. The summed E-state index contributed by atoms with van der Waals surface area (Å²) in [4.78, 5) is 2.42. The van der Waals surface area contributed by atoms with Crippen LogP contribution in [0.4, 0.5) is 0 Å². The van der Waals surface area contributed by atoms with Crippen LogP contribution < -0.4 is 16.0 Å². The molecule has 1 heterocycles. The Labute approximate surface area is 115 Å². The number of ether oxygens (including phenoxy) is 1. The highest BCUT2D eigenvalue weighted by Gasteiger charge is 2.16. The van der Waals surface area contributed by atoms with Gasteiger partial charge in [-0.15, -0.1) is 0 Å². The van der Waals surface area contributed by atoms with Gasteiger partial charge in [-0.25, -0.2) is 0 Å². The summed E-state index contributed by atoms with van der Waals surface area (Å²) in [6.07, 6.45) is 2.04. The molecule has 106 valence electrons. The van der Waals surface area contributed by atoms with E-state index in [1.54, 1.807) is 0 Å². The van der Waals surface area contributed by atoms with Crippen molar-refractivity contribution in [2.45, 2.75) is 32.7 Å². The fraction of sp³-hybridized carbons (Fsp3) is 0.600. The lowest BCUT2D eigenvalue weighted by molar-refractivity contribution is 0.282. The number of nitrogens with zero attached hydrogens (tertiary/aromatic N) is 1. The van der Waals surface area contributed by atoms with Gasteiger partial charge in [-0.05, 0) is 43.2 Å². The highest BCUT2D eigenvalue weighted by Crippen LogP contribution is 2.28. The average Bonchev–Trinajstić information content (AvgIpc) is 2.91. The molecule has 0 aromatic heterocycles. The topological polar surface area (TPSA) is 50.5 Å². The van der Waals surface area contributed by atoms with E-state index in [9.17, 15) is 0 Å². The van der Waals surface area contributed by atoms with Crippen LogP contribution in [0.15, 0.2) is 18.2 Å². The quantitative estimate of drug-likeness (QED) is 0.582. The minimum absolute atomic E-state index is 0.214. The van der Waals surface area contributed by atoms with Crippen molar-refractivity contribution in [3.8, 4) is 5.75 Å². The molecule has 0 saturated carbocycles.